The van der Waals surface area contributed by atoms with Gasteiger partial charge in [-0.05, 0) is 39.2 Å². The van der Waals surface area contributed by atoms with Crippen molar-refractivity contribution in [3.8, 4) is 0 Å². The van der Waals surface area contributed by atoms with Crippen molar-refractivity contribution in [1.82, 2.24) is 4.90 Å². The maximum absolute atomic E-state index is 12.6. The second-order valence-corrected chi connectivity index (χ2v) is 5.67. The topological polar surface area (TPSA) is 63.5 Å². The van der Waals surface area contributed by atoms with E-state index in [4.69, 9.17) is 11.6 Å². The van der Waals surface area contributed by atoms with Gasteiger partial charge in [0.15, 0.2) is 0 Å². The standard InChI is InChI=1S/C14H17ClN2O3/c1-9-4-3-5-10(2)16(9)14(18)12-7-6-11(17(19)20)8-13(12)15/h6-10H,3-5H2,1-2H3/t9-,10+. The largest absolute Gasteiger partial charge is 0.333 e. The second kappa shape index (κ2) is 5.79. The van der Waals surface area contributed by atoms with E-state index in [2.05, 4.69) is 0 Å². The molecule has 0 spiro atoms. The zero-order chi connectivity index (χ0) is 14.9. The monoisotopic (exact) mass is 296 g/mol. The molecule has 0 unspecified atom stereocenters. The number of hydrogen-bond acceptors (Lipinski definition) is 3. The number of non-ortho nitro benzene ring substituents is 1. The van der Waals surface area contributed by atoms with Gasteiger partial charge in [-0.3, -0.25) is 14.9 Å². The minimum absolute atomic E-state index is 0.105. The van der Waals surface area contributed by atoms with Gasteiger partial charge in [-0.25, -0.2) is 0 Å². The summed E-state index contributed by atoms with van der Waals surface area (Å²) in [6, 6.07) is 4.32. The van der Waals surface area contributed by atoms with E-state index in [1.165, 1.54) is 18.2 Å². The van der Waals surface area contributed by atoms with Crippen LogP contribution in [0.2, 0.25) is 5.02 Å². The molecule has 0 saturated carbocycles. The lowest BCUT2D eigenvalue weighted by Gasteiger charge is -2.39. The number of halogens is 1. The van der Waals surface area contributed by atoms with Crippen molar-refractivity contribution < 1.29 is 9.72 Å². The molecule has 5 nitrogen and oxygen atoms in total. The van der Waals surface area contributed by atoms with Crippen molar-refractivity contribution in [2.45, 2.75) is 45.2 Å². The van der Waals surface area contributed by atoms with E-state index in [0.717, 1.165) is 19.3 Å². The van der Waals surface area contributed by atoms with E-state index in [0.29, 0.717) is 5.56 Å². The number of carbonyl (C=O) groups is 1. The van der Waals surface area contributed by atoms with Crippen molar-refractivity contribution >= 4 is 23.2 Å². The molecular formula is C14H17ClN2O3. The number of hydrogen-bond donors (Lipinski definition) is 0. The van der Waals surface area contributed by atoms with E-state index in [1.807, 2.05) is 18.7 Å². The maximum Gasteiger partial charge on any atom is 0.270 e. The Balaban J connectivity index is 2.31. The first-order valence-corrected chi connectivity index (χ1v) is 7.06. The normalized spacial score (nSPS) is 22.6. The van der Waals surface area contributed by atoms with E-state index in [9.17, 15) is 14.9 Å². The molecule has 2 atom stereocenters. The number of benzene rings is 1. The van der Waals surface area contributed by atoms with Gasteiger partial charge in [-0.1, -0.05) is 11.6 Å². The molecular weight excluding hydrogens is 280 g/mol. The lowest BCUT2D eigenvalue weighted by atomic mass is 9.96. The van der Waals surface area contributed by atoms with Gasteiger partial charge in [0.05, 0.1) is 15.5 Å². The number of nitrogens with zero attached hydrogens (tertiary/aromatic N) is 2. The number of likely N-dealkylation sites (tertiary alicyclic amines) is 1. The molecule has 1 heterocycles. The number of rotatable bonds is 2. The highest BCUT2D eigenvalue weighted by molar-refractivity contribution is 6.34. The van der Waals surface area contributed by atoms with Crippen molar-refractivity contribution in [2.75, 3.05) is 0 Å². The highest BCUT2D eigenvalue weighted by Gasteiger charge is 2.30. The van der Waals surface area contributed by atoms with Gasteiger partial charge in [0.2, 0.25) is 0 Å². The predicted molar refractivity (Wildman–Crippen MR) is 77.1 cm³/mol. The Bertz CT molecular complexity index is 537. The molecule has 0 radical (unpaired) electrons. The fraction of sp³-hybridized carbons (Fsp3) is 0.500. The average molecular weight is 297 g/mol. The highest BCUT2D eigenvalue weighted by atomic mass is 35.5. The Morgan fingerprint density at radius 2 is 1.95 bits per heavy atom. The molecule has 1 amide bonds. The quantitative estimate of drug-likeness (QED) is 0.618. The van der Waals surface area contributed by atoms with Crippen LogP contribution in [0.4, 0.5) is 5.69 Å². The van der Waals surface area contributed by atoms with E-state index < -0.39 is 4.92 Å². The van der Waals surface area contributed by atoms with Crippen LogP contribution in [-0.4, -0.2) is 27.8 Å². The third-order valence-electron chi connectivity index (χ3n) is 3.82. The first kappa shape index (κ1) is 14.8. The Kier molecular flexibility index (Phi) is 4.28. The van der Waals surface area contributed by atoms with Crippen molar-refractivity contribution in [3.63, 3.8) is 0 Å². The van der Waals surface area contributed by atoms with Crippen LogP contribution in [0.25, 0.3) is 0 Å². The fourth-order valence-electron chi connectivity index (χ4n) is 2.75. The Labute approximate surface area is 122 Å². The molecule has 1 fully saturated rings. The number of nitro groups is 1. The molecule has 1 aliphatic rings. The summed E-state index contributed by atoms with van der Waals surface area (Å²) in [5, 5.41) is 10.8. The van der Waals surface area contributed by atoms with E-state index in [-0.39, 0.29) is 28.7 Å². The number of piperidine rings is 1. The van der Waals surface area contributed by atoms with Gasteiger partial charge in [-0.2, -0.15) is 0 Å². The van der Waals surface area contributed by atoms with Gasteiger partial charge < -0.3 is 4.90 Å². The molecule has 0 aliphatic carbocycles. The summed E-state index contributed by atoms with van der Waals surface area (Å²) in [7, 11) is 0. The van der Waals surface area contributed by atoms with Gasteiger partial charge in [0.25, 0.3) is 11.6 Å². The molecule has 1 saturated heterocycles. The van der Waals surface area contributed by atoms with Crippen molar-refractivity contribution in [2.24, 2.45) is 0 Å². The van der Waals surface area contributed by atoms with Crippen LogP contribution >= 0.6 is 11.6 Å². The van der Waals surface area contributed by atoms with Crippen LogP contribution < -0.4 is 0 Å². The zero-order valence-electron chi connectivity index (χ0n) is 11.5. The van der Waals surface area contributed by atoms with Crippen LogP contribution in [0.3, 0.4) is 0 Å². The smallest absolute Gasteiger partial charge is 0.270 e. The van der Waals surface area contributed by atoms with Crippen LogP contribution in [0.1, 0.15) is 43.5 Å². The first-order chi connectivity index (χ1) is 9.41. The molecule has 1 aromatic carbocycles. The summed E-state index contributed by atoms with van der Waals surface area (Å²) in [6.07, 6.45) is 3.06. The minimum atomic E-state index is -0.522. The molecule has 20 heavy (non-hydrogen) atoms. The molecule has 1 aliphatic heterocycles. The highest BCUT2D eigenvalue weighted by Crippen LogP contribution is 2.28. The average Bonchev–Trinajstić information content (AvgIpc) is 2.38. The molecule has 0 N–H and O–H groups in total. The second-order valence-electron chi connectivity index (χ2n) is 5.26. The lowest BCUT2D eigenvalue weighted by molar-refractivity contribution is -0.384. The summed E-state index contributed by atoms with van der Waals surface area (Å²) in [5.41, 5.74) is 0.226. The molecule has 6 heteroatoms. The first-order valence-electron chi connectivity index (χ1n) is 6.68. The van der Waals surface area contributed by atoms with Crippen LogP contribution in [0, 0.1) is 10.1 Å². The van der Waals surface area contributed by atoms with Crippen molar-refractivity contribution in [1.29, 1.82) is 0 Å². The lowest BCUT2D eigenvalue weighted by Crippen LogP contribution is -2.47. The van der Waals surface area contributed by atoms with Crippen LogP contribution in [-0.2, 0) is 0 Å². The molecule has 1 aromatic rings. The summed E-state index contributed by atoms with van der Waals surface area (Å²) < 4.78 is 0. The van der Waals surface area contributed by atoms with Gasteiger partial charge in [0, 0.05) is 24.2 Å². The van der Waals surface area contributed by atoms with Crippen LogP contribution in [0.5, 0.6) is 0 Å². The predicted octanol–water partition coefficient (Wildman–Crippen LogP) is 3.65. The maximum atomic E-state index is 12.6. The summed E-state index contributed by atoms with van der Waals surface area (Å²) in [6.45, 7) is 4.04. The van der Waals surface area contributed by atoms with Crippen LogP contribution in [0.15, 0.2) is 18.2 Å². The third-order valence-corrected chi connectivity index (χ3v) is 4.13. The minimum Gasteiger partial charge on any atom is -0.333 e. The molecule has 0 bridgehead atoms. The summed E-state index contributed by atoms with van der Waals surface area (Å²) >= 11 is 6.03. The van der Waals surface area contributed by atoms with Gasteiger partial charge >= 0.3 is 0 Å². The number of carbonyl (C=O) groups excluding carboxylic acids is 1. The van der Waals surface area contributed by atoms with Gasteiger partial charge in [0.1, 0.15) is 0 Å². The zero-order valence-corrected chi connectivity index (χ0v) is 12.3. The molecule has 2 rings (SSSR count). The van der Waals surface area contributed by atoms with E-state index in [1.54, 1.807) is 0 Å². The number of amides is 1. The van der Waals surface area contributed by atoms with E-state index >= 15 is 0 Å². The molecule has 0 aromatic heterocycles. The Morgan fingerprint density at radius 3 is 2.45 bits per heavy atom. The number of nitro benzene ring substituents is 1. The summed E-state index contributed by atoms with van der Waals surface area (Å²) in [4.78, 5) is 24.6. The van der Waals surface area contributed by atoms with Crippen molar-refractivity contribution in [3.05, 3.63) is 38.9 Å². The fourth-order valence-corrected chi connectivity index (χ4v) is 3.01. The Hall–Kier alpha value is -1.62. The molecule has 108 valence electrons. The third kappa shape index (κ3) is 2.77. The van der Waals surface area contributed by atoms with Gasteiger partial charge in [-0.15, -0.1) is 0 Å². The SMILES string of the molecule is C[C@@H]1CCC[C@H](C)N1C(=O)c1ccc([N+](=O)[O-])cc1Cl. The summed E-state index contributed by atoms with van der Waals surface area (Å²) in [5.74, 6) is -0.149. The Morgan fingerprint density at radius 1 is 1.35 bits per heavy atom.